The summed E-state index contributed by atoms with van der Waals surface area (Å²) in [7, 11) is 6.83. The number of benzene rings is 2. The Morgan fingerprint density at radius 1 is 0.727 bits per heavy atom. The van der Waals surface area contributed by atoms with Crippen LogP contribution in [0.15, 0.2) is 60.7 Å². The number of ether oxygens (including phenoxy) is 1. The molecule has 0 spiro atoms. The predicted molar refractivity (Wildman–Crippen MR) is 141 cm³/mol. The van der Waals surface area contributed by atoms with E-state index in [1.165, 1.54) is 64.3 Å². The van der Waals surface area contributed by atoms with Gasteiger partial charge in [0.05, 0.1) is 34.3 Å². The third-order valence-electron chi connectivity index (χ3n) is 5.86. The third-order valence-corrected chi connectivity index (χ3v) is 5.86. The summed E-state index contributed by atoms with van der Waals surface area (Å²) in [5, 5.41) is 0. The molecule has 0 saturated heterocycles. The van der Waals surface area contributed by atoms with Gasteiger partial charge in [-0.05, 0) is 43.0 Å². The Hall–Kier alpha value is -2.39. The lowest BCUT2D eigenvalue weighted by molar-refractivity contribution is -0.870. The van der Waals surface area contributed by atoms with Crippen LogP contribution >= 0.6 is 0 Å². The normalized spacial score (nSPS) is 11.7. The van der Waals surface area contributed by atoms with Crippen LogP contribution in [0.4, 0.5) is 0 Å². The highest BCUT2D eigenvalue weighted by Gasteiger charge is 2.05. The molecular formula is C30H44NO2+. The topological polar surface area (TPSA) is 26.3 Å². The monoisotopic (exact) mass is 450 g/mol. The first-order valence-electron chi connectivity index (χ1n) is 12.7. The molecule has 0 atom stereocenters. The number of nitrogens with zero attached hydrogens (tertiary/aromatic N) is 1. The maximum absolute atomic E-state index is 12.1. The summed E-state index contributed by atoms with van der Waals surface area (Å²) in [4.78, 5) is 12.1. The van der Waals surface area contributed by atoms with Crippen molar-refractivity contribution in [2.24, 2.45) is 0 Å². The second-order valence-corrected chi connectivity index (χ2v) is 10.0. The lowest BCUT2D eigenvalue weighted by Crippen LogP contribution is -2.35. The minimum Gasteiger partial charge on any atom is -0.494 e. The summed E-state index contributed by atoms with van der Waals surface area (Å²) in [5.41, 5.74) is 1.71. The van der Waals surface area contributed by atoms with Crippen molar-refractivity contribution in [2.75, 3.05) is 34.3 Å². The molecule has 0 aliphatic rings. The molecule has 0 N–H and O–H groups in total. The van der Waals surface area contributed by atoms with Gasteiger partial charge in [-0.25, -0.2) is 0 Å². The van der Waals surface area contributed by atoms with E-state index in [1.807, 2.05) is 60.7 Å². The fraction of sp³-hybridized carbons (Fsp3) is 0.500. The molecule has 0 radical (unpaired) electrons. The number of hydrogen-bond donors (Lipinski definition) is 0. The van der Waals surface area contributed by atoms with E-state index in [-0.39, 0.29) is 5.78 Å². The summed E-state index contributed by atoms with van der Waals surface area (Å²) >= 11 is 0. The van der Waals surface area contributed by atoms with Gasteiger partial charge < -0.3 is 9.22 Å². The van der Waals surface area contributed by atoms with Crippen molar-refractivity contribution in [3.63, 3.8) is 0 Å². The Morgan fingerprint density at radius 3 is 1.85 bits per heavy atom. The van der Waals surface area contributed by atoms with E-state index in [1.54, 1.807) is 6.08 Å². The van der Waals surface area contributed by atoms with Crippen LogP contribution < -0.4 is 4.74 Å². The molecule has 0 unspecified atom stereocenters. The van der Waals surface area contributed by atoms with Crippen LogP contribution in [0, 0.1) is 0 Å². The van der Waals surface area contributed by atoms with Crippen LogP contribution in [0.5, 0.6) is 5.75 Å². The molecule has 0 heterocycles. The van der Waals surface area contributed by atoms with Gasteiger partial charge in [-0.2, -0.15) is 0 Å². The van der Waals surface area contributed by atoms with Crippen molar-refractivity contribution in [1.82, 2.24) is 0 Å². The molecule has 180 valence electrons. The average Bonchev–Trinajstić information content (AvgIpc) is 2.81. The first kappa shape index (κ1) is 26.9. The Morgan fingerprint density at radius 2 is 1.27 bits per heavy atom. The van der Waals surface area contributed by atoms with E-state index in [9.17, 15) is 4.79 Å². The summed E-state index contributed by atoms with van der Waals surface area (Å²) in [6.07, 6.45) is 16.8. The maximum Gasteiger partial charge on any atom is 0.185 e. The maximum atomic E-state index is 12.1. The first-order valence-corrected chi connectivity index (χ1v) is 12.7. The van der Waals surface area contributed by atoms with Gasteiger partial charge in [-0.15, -0.1) is 0 Å². The molecule has 0 aliphatic carbocycles. The molecular weight excluding hydrogens is 406 g/mol. The van der Waals surface area contributed by atoms with Crippen molar-refractivity contribution < 1.29 is 14.0 Å². The number of ketones is 1. The zero-order valence-electron chi connectivity index (χ0n) is 21.1. The van der Waals surface area contributed by atoms with Crippen LogP contribution in [0.1, 0.15) is 80.1 Å². The summed E-state index contributed by atoms with van der Waals surface area (Å²) in [5.74, 6) is 0.915. The first-order chi connectivity index (χ1) is 15.9. The van der Waals surface area contributed by atoms with Crippen LogP contribution in [0.25, 0.3) is 6.08 Å². The van der Waals surface area contributed by atoms with Crippen molar-refractivity contribution in [3.05, 3.63) is 71.8 Å². The standard InChI is InChI=1S/C30H44NO2/c1-31(2,3)25-15-10-8-6-4-5-7-9-11-16-26-33-29-22-19-27(20-23-29)21-24-30(32)28-17-13-12-14-18-28/h12-14,17-24H,4-11,15-16,25-26H2,1-3H3/q+1/b24-21+. The fourth-order valence-electron chi connectivity index (χ4n) is 3.84. The minimum absolute atomic E-state index is 0.0198. The molecule has 3 heteroatoms. The van der Waals surface area contributed by atoms with Crippen molar-refractivity contribution in [1.29, 1.82) is 0 Å². The number of rotatable bonds is 17. The number of quaternary nitrogens is 1. The molecule has 0 saturated carbocycles. The van der Waals surface area contributed by atoms with E-state index in [4.69, 9.17) is 4.74 Å². The van der Waals surface area contributed by atoms with E-state index in [0.717, 1.165) is 28.8 Å². The van der Waals surface area contributed by atoms with Gasteiger partial charge in [0.15, 0.2) is 5.78 Å². The molecule has 0 aliphatic heterocycles. The lowest BCUT2D eigenvalue weighted by Gasteiger charge is -2.23. The summed E-state index contributed by atoms with van der Waals surface area (Å²) in [6, 6.07) is 17.3. The Bertz CT molecular complexity index is 803. The van der Waals surface area contributed by atoms with Crippen molar-refractivity contribution in [2.45, 2.75) is 64.2 Å². The molecule has 2 rings (SSSR count). The van der Waals surface area contributed by atoms with Gasteiger partial charge in [0.25, 0.3) is 0 Å². The Kier molecular flexibility index (Phi) is 12.6. The molecule has 33 heavy (non-hydrogen) atoms. The van der Waals surface area contributed by atoms with Gasteiger partial charge in [0, 0.05) is 5.56 Å². The summed E-state index contributed by atoms with van der Waals surface area (Å²) in [6.45, 7) is 2.06. The fourth-order valence-corrected chi connectivity index (χ4v) is 3.84. The number of allylic oxidation sites excluding steroid dienone is 1. The molecule has 3 nitrogen and oxygen atoms in total. The minimum atomic E-state index is 0.0198. The van der Waals surface area contributed by atoms with Gasteiger partial charge in [0.2, 0.25) is 0 Å². The second-order valence-electron chi connectivity index (χ2n) is 10.0. The van der Waals surface area contributed by atoms with Crippen molar-refractivity contribution >= 4 is 11.9 Å². The highest BCUT2D eigenvalue weighted by Crippen LogP contribution is 2.15. The zero-order valence-corrected chi connectivity index (χ0v) is 21.1. The summed E-state index contributed by atoms with van der Waals surface area (Å²) < 4.78 is 6.96. The number of carbonyl (C=O) groups excluding carboxylic acids is 1. The van der Waals surface area contributed by atoms with E-state index in [0.29, 0.717) is 5.56 Å². The molecule has 0 bridgehead atoms. The van der Waals surface area contributed by atoms with Crippen LogP contribution in [0.3, 0.4) is 0 Å². The van der Waals surface area contributed by atoms with Gasteiger partial charge in [-0.1, -0.05) is 93.5 Å². The molecule has 2 aromatic carbocycles. The smallest absolute Gasteiger partial charge is 0.185 e. The van der Waals surface area contributed by atoms with Gasteiger partial charge in [-0.3, -0.25) is 4.79 Å². The number of unbranched alkanes of at least 4 members (excludes halogenated alkanes) is 9. The number of hydrogen-bond acceptors (Lipinski definition) is 2. The number of carbonyl (C=O) groups is 1. The second kappa shape index (κ2) is 15.4. The van der Waals surface area contributed by atoms with E-state index in [2.05, 4.69) is 21.1 Å². The SMILES string of the molecule is C[N+](C)(C)CCCCCCCCCCCCOc1ccc(/C=C/C(=O)c2ccccc2)cc1. The van der Waals surface area contributed by atoms with Crippen LogP contribution in [-0.4, -0.2) is 44.6 Å². The van der Waals surface area contributed by atoms with Gasteiger partial charge in [0.1, 0.15) is 5.75 Å². The van der Waals surface area contributed by atoms with E-state index >= 15 is 0 Å². The third kappa shape index (κ3) is 13.0. The van der Waals surface area contributed by atoms with Gasteiger partial charge >= 0.3 is 0 Å². The Labute approximate surface area is 202 Å². The molecule has 0 fully saturated rings. The zero-order chi connectivity index (χ0) is 23.8. The Balaban J connectivity index is 1.47. The largest absolute Gasteiger partial charge is 0.494 e. The van der Waals surface area contributed by atoms with Crippen LogP contribution in [-0.2, 0) is 0 Å². The average molecular weight is 451 g/mol. The molecule has 0 aromatic heterocycles. The lowest BCUT2D eigenvalue weighted by atomic mass is 10.1. The van der Waals surface area contributed by atoms with Crippen molar-refractivity contribution in [3.8, 4) is 5.75 Å². The molecule has 2 aromatic rings. The highest BCUT2D eigenvalue weighted by atomic mass is 16.5. The van der Waals surface area contributed by atoms with E-state index < -0.39 is 0 Å². The highest BCUT2D eigenvalue weighted by molar-refractivity contribution is 6.06. The van der Waals surface area contributed by atoms with Crippen LogP contribution in [0.2, 0.25) is 0 Å². The molecule has 0 amide bonds. The quantitative estimate of drug-likeness (QED) is 0.107. The predicted octanol–water partition coefficient (Wildman–Crippen LogP) is 7.57.